The van der Waals surface area contributed by atoms with Crippen molar-refractivity contribution in [3.63, 3.8) is 0 Å². The second kappa shape index (κ2) is 4.11. The molecule has 3 rings (SSSR count). The van der Waals surface area contributed by atoms with Crippen LogP contribution >= 0.6 is 0 Å². The number of benzene rings is 1. The van der Waals surface area contributed by atoms with Gasteiger partial charge in [0.15, 0.2) is 0 Å². The standard InChI is InChI=1S/C15H11NO2/c17-14-12-9-5-6-10-13(12)15(18)16(14)11-7-3-1-2-4-8-11/h1-7,9-10H,8H2. The fourth-order valence-corrected chi connectivity index (χ4v) is 2.18. The van der Waals surface area contributed by atoms with Gasteiger partial charge < -0.3 is 0 Å². The molecule has 0 atom stereocenters. The van der Waals surface area contributed by atoms with E-state index in [4.69, 9.17) is 0 Å². The van der Waals surface area contributed by atoms with Crippen molar-refractivity contribution >= 4 is 11.8 Å². The first-order chi connectivity index (χ1) is 8.79. The molecule has 0 N–H and O–H groups in total. The first-order valence-electron chi connectivity index (χ1n) is 5.79. The zero-order valence-corrected chi connectivity index (χ0v) is 9.67. The summed E-state index contributed by atoms with van der Waals surface area (Å²) in [5, 5.41) is 0. The first-order valence-corrected chi connectivity index (χ1v) is 5.79. The number of imide groups is 1. The Morgan fingerprint density at radius 3 is 2.22 bits per heavy atom. The molecule has 88 valence electrons. The third-order valence-electron chi connectivity index (χ3n) is 3.06. The lowest BCUT2D eigenvalue weighted by Gasteiger charge is -2.16. The molecule has 0 bridgehead atoms. The van der Waals surface area contributed by atoms with E-state index in [2.05, 4.69) is 0 Å². The van der Waals surface area contributed by atoms with E-state index in [1.165, 1.54) is 4.90 Å². The van der Waals surface area contributed by atoms with Crippen LogP contribution in [0.3, 0.4) is 0 Å². The van der Waals surface area contributed by atoms with Crippen molar-refractivity contribution < 1.29 is 9.59 Å². The monoisotopic (exact) mass is 237 g/mol. The number of allylic oxidation sites excluding steroid dienone is 5. The summed E-state index contributed by atoms with van der Waals surface area (Å²) in [6.45, 7) is 0. The van der Waals surface area contributed by atoms with Crippen LogP contribution in [0.15, 0.2) is 60.3 Å². The highest BCUT2D eigenvalue weighted by molar-refractivity contribution is 6.22. The molecule has 1 heterocycles. The summed E-state index contributed by atoms with van der Waals surface area (Å²) in [6.07, 6.45) is 9.94. The maximum atomic E-state index is 12.2. The minimum atomic E-state index is -0.231. The summed E-state index contributed by atoms with van der Waals surface area (Å²) < 4.78 is 0. The third-order valence-corrected chi connectivity index (χ3v) is 3.06. The molecule has 0 saturated heterocycles. The van der Waals surface area contributed by atoms with Gasteiger partial charge in [0.05, 0.1) is 11.1 Å². The van der Waals surface area contributed by atoms with Crippen molar-refractivity contribution in [3.05, 3.63) is 71.5 Å². The Balaban J connectivity index is 2.04. The molecule has 3 heteroatoms. The molecule has 2 amide bonds. The molecule has 2 aliphatic rings. The lowest BCUT2D eigenvalue weighted by molar-refractivity contribution is 0.0701. The van der Waals surface area contributed by atoms with Crippen LogP contribution in [-0.4, -0.2) is 16.7 Å². The highest BCUT2D eigenvalue weighted by atomic mass is 16.2. The Bertz CT molecular complexity index is 588. The average Bonchev–Trinajstić information content (AvgIpc) is 2.61. The maximum absolute atomic E-state index is 12.2. The van der Waals surface area contributed by atoms with E-state index in [-0.39, 0.29) is 11.8 Å². The van der Waals surface area contributed by atoms with E-state index in [1.807, 2.05) is 30.4 Å². The van der Waals surface area contributed by atoms with Crippen molar-refractivity contribution in [1.29, 1.82) is 0 Å². The number of nitrogens with zero attached hydrogens (tertiary/aromatic N) is 1. The van der Waals surface area contributed by atoms with Crippen LogP contribution in [0, 0.1) is 0 Å². The van der Waals surface area contributed by atoms with E-state index in [1.54, 1.807) is 24.3 Å². The van der Waals surface area contributed by atoms with Crippen LogP contribution in [0.1, 0.15) is 27.1 Å². The maximum Gasteiger partial charge on any atom is 0.265 e. The van der Waals surface area contributed by atoms with Crippen molar-refractivity contribution in [1.82, 2.24) is 4.90 Å². The SMILES string of the molecule is O=C1c2ccccc2C(=O)N1C1=CC=CC=CC1. The Kier molecular flexibility index (Phi) is 2.45. The van der Waals surface area contributed by atoms with Crippen molar-refractivity contribution in [2.75, 3.05) is 0 Å². The summed E-state index contributed by atoms with van der Waals surface area (Å²) in [6, 6.07) is 6.93. The Labute approximate surface area is 105 Å². The lowest BCUT2D eigenvalue weighted by Crippen LogP contribution is -2.28. The summed E-state index contributed by atoms with van der Waals surface area (Å²) in [7, 11) is 0. The summed E-state index contributed by atoms with van der Waals surface area (Å²) >= 11 is 0. The molecule has 0 saturated carbocycles. The molecule has 0 aromatic heterocycles. The molecule has 18 heavy (non-hydrogen) atoms. The van der Waals surface area contributed by atoms with E-state index in [9.17, 15) is 9.59 Å². The Hall–Kier alpha value is -2.42. The molecule has 1 aliphatic carbocycles. The van der Waals surface area contributed by atoms with Crippen LogP contribution in [-0.2, 0) is 0 Å². The summed E-state index contributed by atoms with van der Waals surface area (Å²) in [4.78, 5) is 25.7. The number of hydrogen-bond donors (Lipinski definition) is 0. The Morgan fingerprint density at radius 1 is 0.889 bits per heavy atom. The van der Waals surface area contributed by atoms with Gasteiger partial charge in [0, 0.05) is 12.1 Å². The number of carbonyl (C=O) groups excluding carboxylic acids is 2. The minimum absolute atomic E-state index is 0.231. The third kappa shape index (κ3) is 1.52. The van der Waals surface area contributed by atoms with Crippen LogP contribution in [0.2, 0.25) is 0 Å². The van der Waals surface area contributed by atoms with E-state index >= 15 is 0 Å². The zero-order valence-electron chi connectivity index (χ0n) is 9.67. The number of rotatable bonds is 1. The number of fused-ring (bicyclic) bond motifs is 1. The topological polar surface area (TPSA) is 37.4 Å². The number of amides is 2. The molecular formula is C15H11NO2. The van der Waals surface area contributed by atoms with Gasteiger partial charge in [-0.2, -0.15) is 0 Å². The molecule has 0 unspecified atom stereocenters. The van der Waals surface area contributed by atoms with Crippen LogP contribution < -0.4 is 0 Å². The fraction of sp³-hybridized carbons (Fsp3) is 0.0667. The Morgan fingerprint density at radius 2 is 1.56 bits per heavy atom. The molecule has 0 radical (unpaired) electrons. The van der Waals surface area contributed by atoms with Crippen molar-refractivity contribution in [2.45, 2.75) is 6.42 Å². The van der Waals surface area contributed by atoms with Crippen LogP contribution in [0.5, 0.6) is 0 Å². The highest BCUT2D eigenvalue weighted by Crippen LogP contribution is 2.27. The van der Waals surface area contributed by atoms with E-state index in [0.29, 0.717) is 23.2 Å². The quantitative estimate of drug-likeness (QED) is 0.704. The molecule has 1 aromatic rings. The molecule has 1 aliphatic heterocycles. The second-order valence-corrected chi connectivity index (χ2v) is 4.17. The number of hydrogen-bond acceptors (Lipinski definition) is 2. The van der Waals surface area contributed by atoms with Gasteiger partial charge in [0.25, 0.3) is 11.8 Å². The van der Waals surface area contributed by atoms with Crippen LogP contribution in [0.25, 0.3) is 0 Å². The molecule has 3 nitrogen and oxygen atoms in total. The molecule has 0 spiro atoms. The minimum Gasteiger partial charge on any atom is -0.268 e. The largest absolute Gasteiger partial charge is 0.268 e. The zero-order chi connectivity index (χ0) is 12.5. The fourth-order valence-electron chi connectivity index (χ4n) is 2.18. The predicted octanol–water partition coefficient (Wildman–Crippen LogP) is 2.68. The summed E-state index contributed by atoms with van der Waals surface area (Å²) in [5.41, 5.74) is 1.69. The lowest BCUT2D eigenvalue weighted by atomic mass is 10.1. The van der Waals surface area contributed by atoms with E-state index in [0.717, 1.165) is 0 Å². The van der Waals surface area contributed by atoms with Gasteiger partial charge in [-0.05, 0) is 18.2 Å². The average molecular weight is 237 g/mol. The van der Waals surface area contributed by atoms with Gasteiger partial charge in [0.2, 0.25) is 0 Å². The summed E-state index contributed by atoms with van der Waals surface area (Å²) in [5.74, 6) is -0.462. The van der Waals surface area contributed by atoms with Gasteiger partial charge in [-0.25, -0.2) is 4.90 Å². The van der Waals surface area contributed by atoms with Gasteiger partial charge in [-0.1, -0.05) is 36.4 Å². The van der Waals surface area contributed by atoms with Gasteiger partial charge in [0.1, 0.15) is 0 Å². The normalized spacial score (nSPS) is 17.8. The van der Waals surface area contributed by atoms with Crippen molar-refractivity contribution in [2.24, 2.45) is 0 Å². The predicted molar refractivity (Wildman–Crippen MR) is 67.9 cm³/mol. The van der Waals surface area contributed by atoms with Gasteiger partial charge in [-0.3, -0.25) is 9.59 Å². The van der Waals surface area contributed by atoms with Gasteiger partial charge in [-0.15, -0.1) is 0 Å². The van der Waals surface area contributed by atoms with E-state index < -0.39 is 0 Å². The van der Waals surface area contributed by atoms with Crippen LogP contribution in [0.4, 0.5) is 0 Å². The van der Waals surface area contributed by atoms with Gasteiger partial charge >= 0.3 is 0 Å². The molecule has 1 aromatic carbocycles. The second-order valence-electron chi connectivity index (χ2n) is 4.17. The number of carbonyl (C=O) groups is 2. The first kappa shape index (κ1) is 10.7. The highest BCUT2D eigenvalue weighted by Gasteiger charge is 2.36. The smallest absolute Gasteiger partial charge is 0.265 e. The van der Waals surface area contributed by atoms with Crippen molar-refractivity contribution in [3.8, 4) is 0 Å². The molecular weight excluding hydrogens is 226 g/mol. The molecule has 0 fully saturated rings.